The summed E-state index contributed by atoms with van der Waals surface area (Å²) in [7, 11) is 1.82. The molecule has 0 aliphatic heterocycles. The van der Waals surface area contributed by atoms with Crippen molar-refractivity contribution in [3.8, 4) is 0 Å². The van der Waals surface area contributed by atoms with E-state index in [1.54, 1.807) is 23.0 Å². The Balaban J connectivity index is 1.77. The van der Waals surface area contributed by atoms with Crippen LogP contribution in [-0.2, 0) is 7.05 Å². The summed E-state index contributed by atoms with van der Waals surface area (Å²) in [5.41, 5.74) is 1.70. The Kier molecular flexibility index (Phi) is 4.61. The number of aryl methyl sites for hydroxylation is 1. The number of nitrogens with zero attached hydrogens (tertiary/aromatic N) is 4. The molecule has 124 valence electrons. The summed E-state index contributed by atoms with van der Waals surface area (Å²) in [6.45, 7) is 1.94. The maximum Gasteiger partial charge on any atom is 0.229 e. The van der Waals surface area contributed by atoms with Gasteiger partial charge in [0.2, 0.25) is 5.95 Å². The zero-order valence-corrected chi connectivity index (χ0v) is 13.9. The van der Waals surface area contributed by atoms with Crippen LogP contribution in [0, 0.1) is 5.82 Å². The standard InChI is InChI=1S/C16H16ClFN6/c1-10(11-3-5-12(18)6-4-11)21-15-14(17)8-19-16(23-15)22-13-7-20-24(2)9-13/h3-10H,1-2H3,(H2,19,21,22,23). The van der Waals surface area contributed by atoms with Gasteiger partial charge in [-0.2, -0.15) is 10.1 Å². The van der Waals surface area contributed by atoms with Gasteiger partial charge in [-0.3, -0.25) is 4.68 Å². The van der Waals surface area contributed by atoms with Crippen LogP contribution in [0.25, 0.3) is 0 Å². The summed E-state index contributed by atoms with van der Waals surface area (Å²) in [4.78, 5) is 8.54. The summed E-state index contributed by atoms with van der Waals surface area (Å²) in [6, 6.07) is 6.19. The van der Waals surface area contributed by atoms with E-state index < -0.39 is 0 Å². The van der Waals surface area contributed by atoms with Crippen molar-refractivity contribution in [1.82, 2.24) is 19.7 Å². The Morgan fingerprint density at radius 1 is 1.21 bits per heavy atom. The molecule has 2 heterocycles. The van der Waals surface area contributed by atoms with E-state index in [0.29, 0.717) is 16.8 Å². The third kappa shape index (κ3) is 3.80. The Labute approximate surface area is 143 Å². The van der Waals surface area contributed by atoms with Crippen LogP contribution in [0.3, 0.4) is 0 Å². The SMILES string of the molecule is CC(Nc1nc(Nc2cnn(C)c2)ncc1Cl)c1ccc(F)cc1. The molecule has 0 spiro atoms. The normalized spacial score (nSPS) is 12.0. The monoisotopic (exact) mass is 346 g/mol. The van der Waals surface area contributed by atoms with Crippen molar-refractivity contribution in [2.45, 2.75) is 13.0 Å². The first-order chi connectivity index (χ1) is 11.5. The van der Waals surface area contributed by atoms with E-state index in [2.05, 4.69) is 25.7 Å². The highest BCUT2D eigenvalue weighted by atomic mass is 35.5. The van der Waals surface area contributed by atoms with Gasteiger partial charge in [-0.05, 0) is 24.6 Å². The molecule has 0 aliphatic rings. The average Bonchev–Trinajstić information content (AvgIpc) is 2.96. The lowest BCUT2D eigenvalue weighted by Crippen LogP contribution is -2.10. The first-order valence-electron chi connectivity index (χ1n) is 7.31. The number of hydrogen-bond donors (Lipinski definition) is 2. The van der Waals surface area contributed by atoms with E-state index in [1.165, 1.54) is 18.3 Å². The number of anilines is 3. The number of hydrogen-bond acceptors (Lipinski definition) is 5. The molecule has 0 saturated carbocycles. The van der Waals surface area contributed by atoms with Gasteiger partial charge in [-0.25, -0.2) is 9.37 Å². The van der Waals surface area contributed by atoms with Crippen LogP contribution in [0.4, 0.5) is 21.8 Å². The van der Waals surface area contributed by atoms with E-state index >= 15 is 0 Å². The quantitative estimate of drug-likeness (QED) is 0.733. The van der Waals surface area contributed by atoms with Gasteiger partial charge in [0.1, 0.15) is 10.8 Å². The summed E-state index contributed by atoms with van der Waals surface area (Å²) >= 11 is 6.17. The topological polar surface area (TPSA) is 67.7 Å². The van der Waals surface area contributed by atoms with E-state index in [4.69, 9.17) is 11.6 Å². The molecular weight excluding hydrogens is 331 g/mol. The Hall–Kier alpha value is -2.67. The molecule has 2 N–H and O–H groups in total. The highest BCUT2D eigenvalue weighted by Crippen LogP contribution is 2.25. The first-order valence-corrected chi connectivity index (χ1v) is 7.69. The van der Waals surface area contributed by atoms with Gasteiger partial charge in [0.15, 0.2) is 5.82 Å². The average molecular weight is 347 g/mol. The fraction of sp³-hybridized carbons (Fsp3) is 0.188. The lowest BCUT2D eigenvalue weighted by atomic mass is 10.1. The molecule has 0 saturated heterocycles. The van der Waals surface area contributed by atoms with Crippen LogP contribution in [0.1, 0.15) is 18.5 Å². The van der Waals surface area contributed by atoms with Gasteiger partial charge < -0.3 is 10.6 Å². The minimum absolute atomic E-state index is 0.0933. The molecule has 1 unspecified atom stereocenters. The summed E-state index contributed by atoms with van der Waals surface area (Å²) < 4.78 is 14.7. The summed E-state index contributed by atoms with van der Waals surface area (Å²) in [5, 5.41) is 10.7. The fourth-order valence-electron chi connectivity index (χ4n) is 2.18. The second-order valence-corrected chi connectivity index (χ2v) is 5.74. The molecular formula is C16H16ClFN6. The van der Waals surface area contributed by atoms with Gasteiger partial charge in [-0.1, -0.05) is 23.7 Å². The van der Waals surface area contributed by atoms with Crippen molar-refractivity contribution in [3.63, 3.8) is 0 Å². The Bertz CT molecular complexity index is 833. The number of nitrogens with one attached hydrogen (secondary N) is 2. The van der Waals surface area contributed by atoms with E-state index in [0.717, 1.165) is 11.3 Å². The van der Waals surface area contributed by atoms with Crippen LogP contribution in [0.15, 0.2) is 42.9 Å². The third-order valence-electron chi connectivity index (χ3n) is 3.43. The highest BCUT2D eigenvalue weighted by Gasteiger charge is 2.11. The van der Waals surface area contributed by atoms with Gasteiger partial charge in [0, 0.05) is 19.3 Å². The molecule has 8 heteroatoms. The largest absolute Gasteiger partial charge is 0.362 e. The van der Waals surface area contributed by atoms with Crippen LogP contribution >= 0.6 is 11.6 Å². The molecule has 0 amide bonds. The molecule has 0 radical (unpaired) electrons. The zero-order valence-electron chi connectivity index (χ0n) is 13.2. The van der Waals surface area contributed by atoms with Gasteiger partial charge >= 0.3 is 0 Å². The fourth-order valence-corrected chi connectivity index (χ4v) is 2.33. The Morgan fingerprint density at radius 3 is 2.62 bits per heavy atom. The van der Waals surface area contributed by atoms with Crippen molar-refractivity contribution in [2.24, 2.45) is 7.05 Å². The molecule has 24 heavy (non-hydrogen) atoms. The predicted molar refractivity (Wildman–Crippen MR) is 92.0 cm³/mol. The van der Waals surface area contributed by atoms with Crippen molar-refractivity contribution in [2.75, 3.05) is 10.6 Å². The molecule has 0 bridgehead atoms. The minimum atomic E-state index is -0.269. The highest BCUT2D eigenvalue weighted by molar-refractivity contribution is 6.32. The predicted octanol–water partition coefficient (Wildman–Crippen LogP) is 3.92. The lowest BCUT2D eigenvalue weighted by Gasteiger charge is -2.16. The second kappa shape index (κ2) is 6.84. The molecule has 3 aromatic rings. The number of rotatable bonds is 5. The van der Waals surface area contributed by atoms with Gasteiger partial charge in [0.25, 0.3) is 0 Å². The molecule has 1 aromatic carbocycles. The van der Waals surface area contributed by atoms with E-state index in [1.807, 2.05) is 20.2 Å². The van der Waals surface area contributed by atoms with Crippen molar-refractivity contribution in [1.29, 1.82) is 0 Å². The first kappa shape index (κ1) is 16.2. The van der Waals surface area contributed by atoms with E-state index in [9.17, 15) is 4.39 Å². The molecule has 6 nitrogen and oxygen atoms in total. The smallest absolute Gasteiger partial charge is 0.229 e. The third-order valence-corrected chi connectivity index (χ3v) is 3.70. The Morgan fingerprint density at radius 2 is 1.96 bits per heavy atom. The van der Waals surface area contributed by atoms with Crippen LogP contribution in [0.2, 0.25) is 5.02 Å². The van der Waals surface area contributed by atoms with Crippen LogP contribution in [0.5, 0.6) is 0 Å². The number of aromatic nitrogens is 4. The maximum absolute atomic E-state index is 13.0. The van der Waals surface area contributed by atoms with Crippen molar-refractivity contribution >= 4 is 29.1 Å². The second-order valence-electron chi connectivity index (χ2n) is 5.34. The van der Waals surface area contributed by atoms with Crippen LogP contribution in [-0.4, -0.2) is 19.7 Å². The molecule has 1 atom stereocenters. The summed E-state index contributed by atoms with van der Waals surface area (Å²) in [5.74, 6) is 0.630. The molecule has 2 aromatic heterocycles. The lowest BCUT2D eigenvalue weighted by molar-refractivity contribution is 0.626. The van der Waals surface area contributed by atoms with Gasteiger partial charge in [-0.15, -0.1) is 0 Å². The molecule has 0 aliphatic carbocycles. The molecule has 0 fully saturated rings. The number of halogens is 2. The zero-order chi connectivity index (χ0) is 17.1. The maximum atomic E-state index is 13.0. The number of benzene rings is 1. The van der Waals surface area contributed by atoms with E-state index in [-0.39, 0.29) is 11.9 Å². The minimum Gasteiger partial charge on any atom is -0.362 e. The van der Waals surface area contributed by atoms with Crippen molar-refractivity contribution < 1.29 is 4.39 Å². The summed E-state index contributed by atoms with van der Waals surface area (Å²) in [6.07, 6.45) is 5.01. The molecule has 3 rings (SSSR count). The van der Waals surface area contributed by atoms with Gasteiger partial charge in [0.05, 0.1) is 18.1 Å². The van der Waals surface area contributed by atoms with Crippen LogP contribution < -0.4 is 10.6 Å². The van der Waals surface area contributed by atoms with Crippen molar-refractivity contribution in [3.05, 3.63) is 59.3 Å².